The molecular weight excluding hydrogens is 268 g/mol. The van der Waals surface area contributed by atoms with Crippen LogP contribution >= 0.6 is 11.6 Å². The average Bonchev–Trinajstić information content (AvgIpc) is 2.38. The van der Waals surface area contributed by atoms with Crippen LogP contribution < -0.4 is 5.73 Å². The van der Waals surface area contributed by atoms with Gasteiger partial charge in [0, 0.05) is 17.2 Å². The van der Waals surface area contributed by atoms with Crippen LogP contribution in [-0.4, -0.2) is 10.7 Å². The summed E-state index contributed by atoms with van der Waals surface area (Å²) in [4.78, 5) is 22.4. The minimum Gasteiger partial charge on any atom is -0.393 e. The maximum absolute atomic E-state index is 12.2. The Morgan fingerprint density at radius 1 is 1.21 bits per heavy atom. The molecule has 0 aliphatic rings. The number of benzene rings is 2. The second kappa shape index (κ2) is 5.07. The van der Waals surface area contributed by atoms with Gasteiger partial charge >= 0.3 is 0 Å². The molecule has 6 heteroatoms. The van der Waals surface area contributed by atoms with Crippen molar-refractivity contribution in [1.82, 2.24) is 0 Å². The Balaban J connectivity index is 2.49. The van der Waals surface area contributed by atoms with E-state index in [1.165, 1.54) is 12.1 Å². The summed E-state index contributed by atoms with van der Waals surface area (Å²) < 4.78 is 0. The second-order valence-corrected chi connectivity index (χ2v) is 4.25. The van der Waals surface area contributed by atoms with Crippen molar-refractivity contribution in [2.75, 3.05) is 5.73 Å². The van der Waals surface area contributed by atoms with Crippen molar-refractivity contribution in [1.29, 1.82) is 0 Å². The largest absolute Gasteiger partial charge is 0.393 e. The van der Waals surface area contributed by atoms with Crippen molar-refractivity contribution in [3.05, 3.63) is 68.7 Å². The van der Waals surface area contributed by atoms with Gasteiger partial charge in [0.15, 0.2) is 5.78 Å². The van der Waals surface area contributed by atoms with E-state index in [0.717, 1.165) is 6.07 Å². The molecule has 0 bridgehead atoms. The Morgan fingerprint density at radius 2 is 1.89 bits per heavy atom. The summed E-state index contributed by atoms with van der Waals surface area (Å²) in [6, 6.07) is 10.4. The molecule has 2 aromatic carbocycles. The molecule has 0 aliphatic carbocycles. The number of nitrogen functional groups attached to an aromatic ring is 1. The van der Waals surface area contributed by atoms with Crippen LogP contribution in [0.15, 0.2) is 42.5 Å². The van der Waals surface area contributed by atoms with E-state index in [4.69, 9.17) is 17.3 Å². The Hall–Kier alpha value is -2.40. The number of carbonyl (C=O) groups excluding carboxylic acids is 1. The van der Waals surface area contributed by atoms with Gasteiger partial charge in [-0.3, -0.25) is 14.9 Å². The molecule has 0 radical (unpaired) electrons. The van der Waals surface area contributed by atoms with E-state index in [9.17, 15) is 14.9 Å². The van der Waals surface area contributed by atoms with Gasteiger partial charge in [-0.2, -0.15) is 0 Å². The predicted octanol–water partition coefficient (Wildman–Crippen LogP) is 3.06. The number of hydrogen-bond donors (Lipinski definition) is 1. The molecule has 0 saturated heterocycles. The van der Waals surface area contributed by atoms with E-state index in [0.29, 0.717) is 10.6 Å². The van der Waals surface area contributed by atoms with Crippen molar-refractivity contribution >= 4 is 28.8 Å². The molecule has 2 aromatic rings. The first-order valence-corrected chi connectivity index (χ1v) is 5.71. The van der Waals surface area contributed by atoms with Crippen molar-refractivity contribution in [3.8, 4) is 0 Å². The van der Waals surface area contributed by atoms with Gasteiger partial charge in [0.2, 0.25) is 0 Å². The van der Waals surface area contributed by atoms with Crippen molar-refractivity contribution in [3.63, 3.8) is 0 Å². The smallest absolute Gasteiger partial charge is 0.292 e. The molecule has 0 fully saturated rings. The number of halogens is 1. The molecule has 2 rings (SSSR count). The molecule has 0 aromatic heterocycles. The van der Waals surface area contributed by atoms with Crippen LogP contribution in [0.5, 0.6) is 0 Å². The molecule has 0 heterocycles. The second-order valence-electron chi connectivity index (χ2n) is 3.84. The fourth-order valence-electron chi connectivity index (χ4n) is 1.64. The van der Waals surface area contributed by atoms with Crippen LogP contribution in [-0.2, 0) is 0 Å². The van der Waals surface area contributed by atoms with Gasteiger partial charge < -0.3 is 5.73 Å². The number of rotatable bonds is 3. The highest BCUT2D eigenvalue weighted by molar-refractivity contribution is 6.35. The zero-order valence-electron chi connectivity index (χ0n) is 9.67. The molecule has 0 spiro atoms. The number of nitrogens with two attached hydrogens (primary N) is 1. The van der Waals surface area contributed by atoms with E-state index < -0.39 is 4.92 Å². The predicted molar refractivity (Wildman–Crippen MR) is 72.4 cm³/mol. The zero-order chi connectivity index (χ0) is 14.0. The van der Waals surface area contributed by atoms with Gasteiger partial charge in [0.25, 0.3) is 5.69 Å². The summed E-state index contributed by atoms with van der Waals surface area (Å²) in [6.45, 7) is 0. The fourth-order valence-corrected chi connectivity index (χ4v) is 1.87. The van der Waals surface area contributed by atoms with Crippen molar-refractivity contribution in [2.24, 2.45) is 0 Å². The molecule has 0 amide bonds. The lowest BCUT2D eigenvalue weighted by molar-refractivity contribution is -0.383. The lowest BCUT2D eigenvalue weighted by atomic mass is 10.0. The van der Waals surface area contributed by atoms with Gasteiger partial charge in [-0.25, -0.2) is 0 Å². The molecular formula is C13H9ClN2O3. The molecule has 0 saturated carbocycles. The maximum atomic E-state index is 12.2. The lowest BCUT2D eigenvalue weighted by Gasteiger charge is -2.04. The van der Waals surface area contributed by atoms with Gasteiger partial charge in [0.05, 0.1) is 9.95 Å². The monoisotopic (exact) mass is 276 g/mol. The number of ketones is 1. The number of nitro groups is 1. The van der Waals surface area contributed by atoms with Crippen LogP contribution in [0.25, 0.3) is 0 Å². The van der Waals surface area contributed by atoms with E-state index in [2.05, 4.69) is 0 Å². The molecule has 0 atom stereocenters. The summed E-state index contributed by atoms with van der Waals surface area (Å²) >= 11 is 5.92. The lowest BCUT2D eigenvalue weighted by Crippen LogP contribution is -2.04. The Morgan fingerprint density at radius 3 is 2.53 bits per heavy atom. The van der Waals surface area contributed by atoms with Crippen molar-refractivity contribution < 1.29 is 9.72 Å². The minimum atomic E-state index is -0.626. The molecule has 0 aliphatic heterocycles. The maximum Gasteiger partial charge on any atom is 0.292 e. The third kappa shape index (κ3) is 2.56. The van der Waals surface area contributed by atoms with E-state index in [-0.39, 0.29) is 22.7 Å². The SMILES string of the molecule is Nc1ccc(C(=O)c2ccccc2Cl)cc1[N+](=O)[O-]. The normalized spacial score (nSPS) is 10.2. The minimum absolute atomic E-state index is 0.0145. The van der Waals surface area contributed by atoms with Gasteiger partial charge in [-0.05, 0) is 24.3 Å². The quantitative estimate of drug-likeness (QED) is 0.404. The summed E-state index contributed by atoms with van der Waals surface area (Å²) in [7, 11) is 0. The first-order chi connectivity index (χ1) is 9.00. The summed E-state index contributed by atoms with van der Waals surface area (Å²) in [5, 5.41) is 11.1. The standard InChI is InChI=1S/C13H9ClN2O3/c14-10-4-2-1-3-9(10)13(17)8-5-6-11(15)12(7-8)16(18)19/h1-7H,15H2. The topological polar surface area (TPSA) is 86.2 Å². The first kappa shape index (κ1) is 13.0. The highest BCUT2D eigenvalue weighted by Crippen LogP contribution is 2.25. The summed E-state index contributed by atoms with van der Waals surface area (Å²) in [6.07, 6.45) is 0. The summed E-state index contributed by atoms with van der Waals surface area (Å²) in [5.41, 5.74) is 5.67. The number of anilines is 1. The third-order valence-electron chi connectivity index (χ3n) is 2.61. The average molecular weight is 277 g/mol. The number of nitro benzene ring substituents is 1. The number of carbonyl (C=O) groups is 1. The van der Waals surface area contributed by atoms with Gasteiger partial charge in [-0.15, -0.1) is 0 Å². The Bertz CT molecular complexity index is 671. The Kier molecular flexibility index (Phi) is 3.48. The molecule has 5 nitrogen and oxygen atoms in total. The number of nitrogens with zero attached hydrogens (tertiary/aromatic N) is 1. The number of hydrogen-bond acceptors (Lipinski definition) is 4. The van der Waals surface area contributed by atoms with Crippen LogP contribution in [0.1, 0.15) is 15.9 Å². The molecule has 2 N–H and O–H groups in total. The van der Waals surface area contributed by atoms with Gasteiger partial charge in [-0.1, -0.05) is 23.7 Å². The van der Waals surface area contributed by atoms with Crippen LogP contribution in [0.3, 0.4) is 0 Å². The highest BCUT2D eigenvalue weighted by atomic mass is 35.5. The van der Waals surface area contributed by atoms with Crippen LogP contribution in [0, 0.1) is 10.1 Å². The van der Waals surface area contributed by atoms with Crippen molar-refractivity contribution in [2.45, 2.75) is 0 Å². The van der Waals surface area contributed by atoms with Gasteiger partial charge in [0.1, 0.15) is 5.69 Å². The third-order valence-corrected chi connectivity index (χ3v) is 2.94. The molecule has 96 valence electrons. The fraction of sp³-hybridized carbons (Fsp3) is 0. The Labute approximate surface area is 113 Å². The first-order valence-electron chi connectivity index (χ1n) is 5.34. The summed E-state index contributed by atoms with van der Waals surface area (Å²) in [5.74, 6) is -0.381. The van der Waals surface area contributed by atoms with E-state index in [1.807, 2.05) is 0 Å². The zero-order valence-corrected chi connectivity index (χ0v) is 10.4. The van der Waals surface area contributed by atoms with Crippen LogP contribution in [0.4, 0.5) is 11.4 Å². The van der Waals surface area contributed by atoms with E-state index in [1.54, 1.807) is 24.3 Å². The molecule has 0 unspecified atom stereocenters. The highest BCUT2D eigenvalue weighted by Gasteiger charge is 2.18. The molecule has 19 heavy (non-hydrogen) atoms. The van der Waals surface area contributed by atoms with E-state index >= 15 is 0 Å². The van der Waals surface area contributed by atoms with Crippen LogP contribution in [0.2, 0.25) is 5.02 Å².